The Morgan fingerprint density at radius 2 is 1.90 bits per heavy atom. The topological polar surface area (TPSA) is 85.8 Å². The summed E-state index contributed by atoms with van der Waals surface area (Å²) < 4.78 is 25.5. The molecule has 0 aliphatic rings. The van der Waals surface area contributed by atoms with E-state index in [-0.39, 0.29) is 0 Å². The normalized spacial score (nSPS) is 11.2. The molecule has 0 unspecified atom stereocenters. The molecule has 4 aromatic heterocycles. The summed E-state index contributed by atoms with van der Waals surface area (Å²) in [6, 6.07) is 7.53. The minimum absolute atomic E-state index is 0.346. The zero-order valence-corrected chi connectivity index (χ0v) is 16.9. The number of pyridine rings is 2. The largest absolute Gasteiger partial charge is 0.475 e. The van der Waals surface area contributed by atoms with Gasteiger partial charge in [-0.15, -0.1) is 0 Å². The lowest BCUT2D eigenvalue weighted by Crippen LogP contribution is -2.06. The Bertz CT molecular complexity index is 1140. The van der Waals surface area contributed by atoms with Gasteiger partial charge >= 0.3 is 0 Å². The quantitative estimate of drug-likeness (QED) is 0.356. The molecule has 0 bridgehead atoms. The Labute approximate surface area is 173 Å². The molecule has 1 N–H and O–H groups in total. The highest BCUT2D eigenvalue weighted by molar-refractivity contribution is 5.85. The number of methoxy groups -OCH3 is 1. The highest BCUT2D eigenvalue weighted by Gasteiger charge is 2.15. The number of H-pyrrole nitrogens is 1. The van der Waals surface area contributed by atoms with Crippen LogP contribution in [-0.2, 0) is 17.6 Å². The van der Waals surface area contributed by atoms with Gasteiger partial charge in [-0.25, -0.2) is 15.0 Å². The summed E-state index contributed by atoms with van der Waals surface area (Å²) in [6.45, 7) is 2.74. The van der Waals surface area contributed by atoms with Gasteiger partial charge in [0.25, 0.3) is 0 Å². The van der Waals surface area contributed by atoms with E-state index in [9.17, 15) is 4.39 Å². The van der Waals surface area contributed by atoms with Crippen LogP contribution in [0.4, 0.5) is 4.39 Å². The van der Waals surface area contributed by atoms with Crippen molar-refractivity contribution in [2.45, 2.75) is 19.8 Å². The number of aromatic nitrogens is 5. The molecule has 7 nitrogen and oxygen atoms in total. The number of aromatic amines is 1. The molecule has 154 valence electrons. The fraction of sp³-hybridized carbons (Fsp3) is 0.273. The van der Waals surface area contributed by atoms with E-state index < -0.39 is 5.95 Å². The van der Waals surface area contributed by atoms with Crippen molar-refractivity contribution in [1.82, 2.24) is 24.9 Å². The number of hydrogen-bond donors (Lipinski definition) is 1. The van der Waals surface area contributed by atoms with Gasteiger partial charge in [0.1, 0.15) is 18.6 Å². The summed E-state index contributed by atoms with van der Waals surface area (Å²) in [5.41, 5.74) is 4.58. The highest BCUT2D eigenvalue weighted by atomic mass is 19.1. The number of rotatable bonds is 8. The number of hydrogen-bond acceptors (Lipinski definition) is 6. The van der Waals surface area contributed by atoms with Crippen LogP contribution >= 0.6 is 0 Å². The lowest BCUT2D eigenvalue weighted by molar-refractivity contribution is 0.144. The fourth-order valence-electron chi connectivity index (χ4n) is 3.21. The molecule has 30 heavy (non-hydrogen) atoms. The van der Waals surface area contributed by atoms with E-state index >= 15 is 0 Å². The van der Waals surface area contributed by atoms with Gasteiger partial charge in [-0.1, -0.05) is 12.1 Å². The first-order valence-corrected chi connectivity index (χ1v) is 9.62. The maximum Gasteiger partial charge on any atom is 0.226 e. The number of nitrogens with one attached hydrogen (secondary N) is 1. The van der Waals surface area contributed by atoms with Gasteiger partial charge in [0, 0.05) is 49.3 Å². The minimum atomic E-state index is -0.486. The Morgan fingerprint density at radius 1 is 1.00 bits per heavy atom. The maximum atomic E-state index is 14.7. The van der Waals surface area contributed by atoms with Gasteiger partial charge in [-0.2, -0.15) is 4.39 Å². The molecule has 8 heteroatoms. The average molecular weight is 407 g/mol. The molecule has 0 amide bonds. The molecule has 0 aliphatic heterocycles. The van der Waals surface area contributed by atoms with Crippen LogP contribution in [-0.4, -0.2) is 45.2 Å². The Morgan fingerprint density at radius 3 is 2.67 bits per heavy atom. The molecule has 0 saturated carbocycles. The van der Waals surface area contributed by atoms with Crippen molar-refractivity contribution in [1.29, 1.82) is 0 Å². The molecule has 0 atom stereocenters. The van der Waals surface area contributed by atoms with Gasteiger partial charge in [0.2, 0.25) is 11.8 Å². The van der Waals surface area contributed by atoms with Crippen LogP contribution in [0.5, 0.6) is 5.88 Å². The van der Waals surface area contributed by atoms with Gasteiger partial charge in [0.15, 0.2) is 0 Å². The summed E-state index contributed by atoms with van der Waals surface area (Å²) in [7, 11) is 1.61. The van der Waals surface area contributed by atoms with E-state index in [4.69, 9.17) is 9.47 Å². The highest BCUT2D eigenvalue weighted by Crippen LogP contribution is 2.27. The Balaban J connectivity index is 1.55. The number of ether oxygens (including phenoxy) is 2. The van der Waals surface area contributed by atoms with E-state index in [0.29, 0.717) is 48.8 Å². The SMILES string of the molecule is COCCOc1ncnc2[nH]cc(Cc3ccc(Cc4ccc(C)nc4)nc3F)c12. The smallest absolute Gasteiger partial charge is 0.226 e. The molecule has 0 fully saturated rings. The van der Waals surface area contributed by atoms with E-state index in [0.717, 1.165) is 22.2 Å². The third kappa shape index (κ3) is 4.44. The lowest BCUT2D eigenvalue weighted by Gasteiger charge is -2.08. The molecule has 4 heterocycles. The van der Waals surface area contributed by atoms with Gasteiger partial charge in [-0.05, 0) is 30.2 Å². The molecule has 0 radical (unpaired) electrons. The first kappa shape index (κ1) is 19.9. The number of halogens is 1. The zero-order valence-electron chi connectivity index (χ0n) is 16.9. The average Bonchev–Trinajstić information content (AvgIpc) is 3.16. The van der Waals surface area contributed by atoms with Gasteiger partial charge in [-0.3, -0.25) is 4.98 Å². The second-order valence-electron chi connectivity index (χ2n) is 6.97. The molecule has 0 saturated heterocycles. The second kappa shape index (κ2) is 8.96. The van der Waals surface area contributed by atoms with E-state index in [1.807, 2.05) is 25.1 Å². The van der Waals surface area contributed by atoms with E-state index in [1.54, 1.807) is 25.6 Å². The predicted octanol–water partition coefficient (Wildman–Crippen LogP) is 3.40. The predicted molar refractivity (Wildman–Crippen MR) is 110 cm³/mol. The fourth-order valence-corrected chi connectivity index (χ4v) is 3.21. The zero-order chi connectivity index (χ0) is 20.9. The van der Waals surface area contributed by atoms with Crippen LogP contribution in [0.3, 0.4) is 0 Å². The van der Waals surface area contributed by atoms with Gasteiger partial charge in [0.05, 0.1) is 12.0 Å². The number of fused-ring (bicyclic) bond motifs is 1. The summed E-state index contributed by atoms with van der Waals surface area (Å²) in [5.74, 6) is -0.0363. The molecule has 4 rings (SSSR count). The molecular formula is C22H22FN5O2. The third-order valence-electron chi connectivity index (χ3n) is 4.77. The monoisotopic (exact) mass is 407 g/mol. The number of aryl methyl sites for hydroxylation is 1. The van der Waals surface area contributed by atoms with Crippen molar-refractivity contribution in [3.63, 3.8) is 0 Å². The van der Waals surface area contributed by atoms with E-state index in [2.05, 4.69) is 24.9 Å². The van der Waals surface area contributed by atoms with Crippen molar-refractivity contribution in [3.05, 3.63) is 77.0 Å². The van der Waals surface area contributed by atoms with Crippen LogP contribution in [0.2, 0.25) is 0 Å². The van der Waals surface area contributed by atoms with Crippen molar-refractivity contribution >= 4 is 11.0 Å². The minimum Gasteiger partial charge on any atom is -0.475 e. The molecule has 4 aromatic rings. The Hall–Kier alpha value is -3.39. The van der Waals surface area contributed by atoms with Crippen LogP contribution in [0.15, 0.2) is 43.0 Å². The van der Waals surface area contributed by atoms with Crippen molar-refractivity contribution in [2.24, 2.45) is 0 Å². The van der Waals surface area contributed by atoms with Gasteiger partial charge < -0.3 is 14.5 Å². The van der Waals surface area contributed by atoms with E-state index in [1.165, 1.54) is 6.33 Å². The summed E-state index contributed by atoms with van der Waals surface area (Å²) in [5, 5.41) is 0.739. The van der Waals surface area contributed by atoms with Crippen molar-refractivity contribution in [3.8, 4) is 5.88 Å². The lowest BCUT2D eigenvalue weighted by atomic mass is 10.1. The summed E-state index contributed by atoms with van der Waals surface area (Å²) >= 11 is 0. The molecule has 0 spiro atoms. The first-order valence-electron chi connectivity index (χ1n) is 9.62. The standard InChI is InChI=1S/C22H22FN5O2/c1-14-3-4-15(11-24-14)9-18-6-5-16(20(23)28-18)10-17-12-25-21-19(17)22(27-13-26-21)30-8-7-29-2/h3-6,11-13H,7-10H2,1-2H3,(H,25,26,27). The number of nitrogens with zero attached hydrogens (tertiary/aromatic N) is 4. The molecular weight excluding hydrogens is 385 g/mol. The van der Waals surface area contributed by atoms with Crippen LogP contribution in [0, 0.1) is 12.9 Å². The van der Waals surface area contributed by atoms with Crippen LogP contribution in [0.25, 0.3) is 11.0 Å². The Kier molecular flexibility index (Phi) is 5.94. The van der Waals surface area contributed by atoms with Crippen molar-refractivity contribution in [2.75, 3.05) is 20.3 Å². The summed E-state index contributed by atoms with van der Waals surface area (Å²) in [6.07, 6.45) is 5.90. The second-order valence-corrected chi connectivity index (χ2v) is 6.97. The third-order valence-corrected chi connectivity index (χ3v) is 4.77. The maximum absolute atomic E-state index is 14.7. The molecule has 0 aromatic carbocycles. The molecule has 0 aliphatic carbocycles. The summed E-state index contributed by atoms with van der Waals surface area (Å²) in [4.78, 5) is 20.0. The van der Waals surface area contributed by atoms with Crippen LogP contribution < -0.4 is 4.74 Å². The van der Waals surface area contributed by atoms with Crippen LogP contribution in [0.1, 0.15) is 28.1 Å². The van der Waals surface area contributed by atoms with Crippen molar-refractivity contribution < 1.29 is 13.9 Å². The first-order chi connectivity index (χ1) is 14.6.